The highest BCUT2D eigenvalue weighted by Crippen LogP contribution is 2.29. The van der Waals surface area contributed by atoms with Crippen molar-refractivity contribution in [1.82, 2.24) is 10.2 Å². The first-order valence-electron chi connectivity index (χ1n) is 5.78. The molecule has 0 saturated heterocycles. The van der Waals surface area contributed by atoms with Crippen molar-refractivity contribution in [3.8, 4) is 5.75 Å². The predicted molar refractivity (Wildman–Crippen MR) is 72.2 cm³/mol. The van der Waals surface area contributed by atoms with Gasteiger partial charge in [-0.2, -0.15) is 5.10 Å². The number of rotatable bonds is 2. The number of fused-ring (bicyclic) bond motifs is 1. The van der Waals surface area contributed by atoms with E-state index in [1.165, 1.54) is 0 Å². The summed E-state index contributed by atoms with van der Waals surface area (Å²) in [7, 11) is 0. The Labute approximate surface area is 108 Å². The van der Waals surface area contributed by atoms with Crippen LogP contribution in [0, 0.1) is 0 Å². The van der Waals surface area contributed by atoms with Gasteiger partial charge in [0.2, 0.25) is 0 Å². The summed E-state index contributed by atoms with van der Waals surface area (Å²) in [5.41, 5.74) is 1.21. The van der Waals surface area contributed by atoms with Gasteiger partial charge in [-0.1, -0.05) is 24.3 Å². The number of phenolic OH excluding ortho intramolecular Hbond substituents is 1. The molecular weight excluding hydrogens is 242 g/mol. The number of aromatic hydroxyl groups is 1. The first-order valence-corrected chi connectivity index (χ1v) is 5.78. The lowest BCUT2D eigenvalue weighted by molar-refractivity contribution is 0.102. The zero-order valence-electron chi connectivity index (χ0n) is 9.92. The largest absolute Gasteiger partial charge is 0.507 e. The molecule has 94 valence electrons. The first kappa shape index (κ1) is 11.3. The third-order valence-electron chi connectivity index (χ3n) is 2.84. The van der Waals surface area contributed by atoms with Crippen molar-refractivity contribution in [2.45, 2.75) is 0 Å². The first-order chi connectivity index (χ1) is 9.25. The van der Waals surface area contributed by atoms with Gasteiger partial charge in [0, 0.05) is 5.56 Å². The molecule has 2 aromatic carbocycles. The van der Waals surface area contributed by atoms with Crippen LogP contribution in [0.15, 0.2) is 48.5 Å². The Kier molecular flexibility index (Phi) is 2.64. The monoisotopic (exact) mass is 253 g/mol. The van der Waals surface area contributed by atoms with Crippen LogP contribution in [-0.2, 0) is 0 Å². The summed E-state index contributed by atoms with van der Waals surface area (Å²) in [4.78, 5) is 12.0. The lowest BCUT2D eigenvalue weighted by Gasteiger charge is -2.03. The molecule has 5 heteroatoms. The maximum Gasteiger partial charge on any atom is 0.256 e. The van der Waals surface area contributed by atoms with Crippen LogP contribution in [-0.4, -0.2) is 21.2 Å². The Balaban J connectivity index is 1.96. The Morgan fingerprint density at radius 2 is 1.89 bits per heavy atom. The standard InChI is InChI=1S/C14H11N3O2/c18-11-8-4-7-10-12(11)13(17-16-10)15-14(19)9-5-2-1-3-6-9/h1-8,18H,(H2,15,16,17,19). The fourth-order valence-corrected chi connectivity index (χ4v) is 1.91. The lowest BCUT2D eigenvalue weighted by atomic mass is 10.2. The lowest BCUT2D eigenvalue weighted by Crippen LogP contribution is -2.12. The van der Waals surface area contributed by atoms with Crippen LogP contribution in [0.5, 0.6) is 5.75 Å². The molecular formula is C14H11N3O2. The number of hydrogen-bond donors (Lipinski definition) is 3. The van der Waals surface area contributed by atoms with E-state index in [4.69, 9.17) is 0 Å². The van der Waals surface area contributed by atoms with Crippen molar-refractivity contribution >= 4 is 22.6 Å². The molecule has 3 aromatic rings. The highest BCUT2D eigenvalue weighted by molar-refractivity contribution is 6.08. The van der Waals surface area contributed by atoms with Crippen LogP contribution in [0.25, 0.3) is 10.9 Å². The number of amides is 1. The van der Waals surface area contributed by atoms with Gasteiger partial charge in [-0.25, -0.2) is 0 Å². The highest BCUT2D eigenvalue weighted by Gasteiger charge is 2.13. The number of nitrogens with zero attached hydrogens (tertiary/aromatic N) is 1. The molecule has 0 aliphatic carbocycles. The van der Waals surface area contributed by atoms with E-state index in [0.717, 1.165) is 0 Å². The highest BCUT2D eigenvalue weighted by atomic mass is 16.3. The minimum absolute atomic E-state index is 0.0783. The van der Waals surface area contributed by atoms with Gasteiger partial charge >= 0.3 is 0 Å². The number of aromatic nitrogens is 2. The quantitative estimate of drug-likeness (QED) is 0.656. The number of phenols is 1. The number of carbonyl (C=O) groups is 1. The summed E-state index contributed by atoms with van der Waals surface area (Å²) >= 11 is 0. The van der Waals surface area contributed by atoms with Crippen LogP contribution >= 0.6 is 0 Å². The zero-order valence-corrected chi connectivity index (χ0v) is 9.92. The summed E-state index contributed by atoms with van der Waals surface area (Å²) in [6.07, 6.45) is 0. The predicted octanol–water partition coefficient (Wildman–Crippen LogP) is 2.52. The summed E-state index contributed by atoms with van der Waals surface area (Å²) in [5.74, 6) is 0.133. The second kappa shape index (κ2) is 4.45. The van der Waals surface area contributed by atoms with Gasteiger partial charge in [0.25, 0.3) is 5.91 Å². The fourth-order valence-electron chi connectivity index (χ4n) is 1.91. The molecule has 3 N–H and O–H groups in total. The molecule has 0 fully saturated rings. The molecule has 0 radical (unpaired) electrons. The van der Waals surface area contributed by atoms with E-state index in [1.807, 2.05) is 6.07 Å². The molecule has 0 saturated carbocycles. The van der Waals surface area contributed by atoms with E-state index in [1.54, 1.807) is 42.5 Å². The van der Waals surface area contributed by atoms with Crippen molar-refractivity contribution in [3.63, 3.8) is 0 Å². The van der Waals surface area contributed by atoms with Crippen molar-refractivity contribution in [1.29, 1.82) is 0 Å². The number of hydrogen-bond acceptors (Lipinski definition) is 3. The summed E-state index contributed by atoms with van der Waals surface area (Å²) in [6, 6.07) is 13.9. The maximum absolute atomic E-state index is 12.0. The second-order valence-electron chi connectivity index (χ2n) is 4.09. The minimum Gasteiger partial charge on any atom is -0.507 e. The topological polar surface area (TPSA) is 78.0 Å². The summed E-state index contributed by atoms with van der Waals surface area (Å²) < 4.78 is 0. The third-order valence-corrected chi connectivity index (χ3v) is 2.84. The van der Waals surface area contributed by atoms with Crippen molar-refractivity contribution < 1.29 is 9.90 Å². The van der Waals surface area contributed by atoms with Gasteiger partial charge in [-0.3, -0.25) is 9.89 Å². The van der Waals surface area contributed by atoms with Crippen molar-refractivity contribution in [3.05, 3.63) is 54.1 Å². The minimum atomic E-state index is -0.266. The fraction of sp³-hybridized carbons (Fsp3) is 0. The average molecular weight is 253 g/mol. The second-order valence-corrected chi connectivity index (χ2v) is 4.09. The maximum atomic E-state index is 12.0. The Bertz CT molecular complexity index is 735. The molecule has 1 aromatic heterocycles. The Morgan fingerprint density at radius 3 is 2.68 bits per heavy atom. The van der Waals surface area contributed by atoms with E-state index < -0.39 is 0 Å². The van der Waals surface area contributed by atoms with E-state index in [2.05, 4.69) is 15.5 Å². The van der Waals surface area contributed by atoms with E-state index in [9.17, 15) is 9.90 Å². The van der Waals surface area contributed by atoms with Gasteiger partial charge in [0.1, 0.15) is 5.75 Å². The van der Waals surface area contributed by atoms with Gasteiger partial charge < -0.3 is 10.4 Å². The van der Waals surface area contributed by atoms with Crippen LogP contribution in [0.4, 0.5) is 5.82 Å². The molecule has 0 spiro atoms. The van der Waals surface area contributed by atoms with Crippen LogP contribution in [0.3, 0.4) is 0 Å². The molecule has 0 atom stereocenters. The van der Waals surface area contributed by atoms with Crippen molar-refractivity contribution in [2.24, 2.45) is 0 Å². The zero-order chi connectivity index (χ0) is 13.2. The van der Waals surface area contributed by atoms with Crippen LogP contribution in [0.1, 0.15) is 10.4 Å². The van der Waals surface area contributed by atoms with Crippen molar-refractivity contribution in [2.75, 3.05) is 5.32 Å². The van der Waals surface area contributed by atoms with Crippen LogP contribution in [0.2, 0.25) is 0 Å². The number of aromatic amines is 1. The number of carbonyl (C=O) groups excluding carboxylic acids is 1. The van der Waals surface area contributed by atoms with E-state index >= 15 is 0 Å². The van der Waals surface area contributed by atoms with Gasteiger partial charge in [-0.05, 0) is 24.3 Å². The molecule has 0 aliphatic rings. The number of H-pyrrole nitrogens is 1. The Hall–Kier alpha value is -2.82. The summed E-state index contributed by atoms with van der Waals surface area (Å²) in [6.45, 7) is 0. The van der Waals surface area contributed by atoms with Gasteiger partial charge in [0.15, 0.2) is 5.82 Å². The number of anilines is 1. The molecule has 19 heavy (non-hydrogen) atoms. The molecule has 0 bridgehead atoms. The SMILES string of the molecule is O=C(Nc1n[nH]c2cccc(O)c12)c1ccccc1. The summed E-state index contributed by atoms with van der Waals surface area (Å²) in [5, 5.41) is 19.8. The number of benzene rings is 2. The molecule has 3 rings (SSSR count). The molecule has 1 heterocycles. The van der Waals surface area contributed by atoms with Crippen LogP contribution < -0.4 is 5.32 Å². The van der Waals surface area contributed by atoms with Gasteiger partial charge in [0.05, 0.1) is 10.9 Å². The average Bonchev–Trinajstić information content (AvgIpc) is 2.84. The Morgan fingerprint density at radius 1 is 1.11 bits per heavy atom. The van der Waals surface area contributed by atoms with E-state index in [0.29, 0.717) is 22.3 Å². The molecule has 0 aliphatic heterocycles. The molecule has 5 nitrogen and oxygen atoms in total. The molecule has 0 unspecified atom stereocenters. The third kappa shape index (κ3) is 2.01. The van der Waals surface area contributed by atoms with E-state index in [-0.39, 0.29) is 11.7 Å². The van der Waals surface area contributed by atoms with Gasteiger partial charge in [-0.15, -0.1) is 0 Å². The molecule has 1 amide bonds. The normalized spacial score (nSPS) is 10.5. The smallest absolute Gasteiger partial charge is 0.256 e. The number of nitrogens with one attached hydrogen (secondary N) is 2.